The summed E-state index contributed by atoms with van der Waals surface area (Å²) in [5.74, 6) is 0.413. The number of nitrogens with zero attached hydrogens (tertiary/aromatic N) is 1. The van der Waals surface area contributed by atoms with Gasteiger partial charge in [0.05, 0.1) is 18.0 Å². The summed E-state index contributed by atoms with van der Waals surface area (Å²) in [5.41, 5.74) is 1.17. The minimum atomic E-state index is -3.69. The molecule has 0 saturated carbocycles. The molecule has 7 heteroatoms. The van der Waals surface area contributed by atoms with Gasteiger partial charge >= 0.3 is 0 Å². The van der Waals surface area contributed by atoms with Gasteiger partial charge in [0, 0.05) is 6.54 Å². The summed E-state index contributed by atoms with van der Waals surface area (Å²) in [6.45, 7) is 4.82. The highest BCUT2D eigenvalue weighted by Crippen LogP contribution is 2.35. The Morgan fingerprint density at radius 1 is 1.13 bits per heavy atom. The van der Waals surface area contributed by atoms with E-state index < -0.39 is 16.1 Å². The van der Waals surface area contributed by atoms with Crippen molar-refractivity contribution in [3.63, 3.8) is 0 Å². The third-order valence-electron chi connectivity index (χ3n) is 5.66. The summed E-state index contributed by atoms with van der Waals surface area (Å²) < 4.78 is 33.7. The SMILES string of the molecule is CCCC[C@H](CC)CNC(=O)[C@H]1CN(S(=O)(=O)Cc2ccccc2)c2ccccc2O1. The van der Waals surface area contributed by atoms with Gasteiger partial charge in [-0.05, 0) is 30.0 Å². The van der Waals surface area contributed by atoms with Crippen LogP contribution in [-0.2, 0) is 20.6 Å². The zero-order valence-electron chi connectivity index (χ0n) is 18.3. The average molecular weight is 445 g/mol. The van der Waals surface area contributed by atoms with Gasteiger partial charge in [0.1, 0.15) is 5.75 Å². The monoisotopic (exact) mass is 444 g/mol. The molecule has 1 amide bonds. The molecule has 6 nitrogen and oxygen atoms in total. The van der Waals surface area contributed by atoms with Crippen molar-refractivity contribution in [1.29, 1.82) is 0 Å². The number of nitrogens with one attached hydrogen (secondary N) is 1. The summed E-state index contributed by atoms with van der Waals surface area (Å²) in [7, 11) is -3.69. The van der Waals surface area contributed by atoms with E-state index in [-0.39, 0.29) is 18.2 Å². The molecule has 0 bridgehead atoms. The van der Waals surface area contributed by atoms with Crippen molar-refractivity contribution in [2.24, 2.45) is 5.92 Å². The molecule has 0 radical (unpaired) electrons. The molecule has 0 spiro atoms. The van der Waals surface area contributed by atoms with Gasteiger partial charge < -0.3 is 10.1 Å². The fourth-order valence-corrected chi connectivity index (χ4v) is 5.35. The molecule has 1 aliphatic rings. The summed E-state index contributed by atoms with van der Waals surface area (Å²) >= 11 is 0. The van der Waals surface area contributed by atoms with E-state index in [0.717, 1.165) is 25.7 Å². The van der Waals surface area contributed by atoms with Crippen molar-refractivity contribution < 1.29 is 17.9 Å². The van der Waals surface area contributed by atoms with E-state index in [9.17, 15) is 13.2 Å². The predicted molar refractivity (Wildman–Crippen MR) is 124 cm³/mol. The number of carbonyl (C=O) groups is 1. The fraction of sp³-hybridized carbons (Fsp3) is 0.458. The Bertz CT molecular complexity index is 963. The molecular weight excluding hydrogens is 412 g/mol. The first kappa shape index (κ1) is 23.1. The van der Waals surface area contributed by atoms with Crippen LogP contribution in [-0.4, -0.2) is 33.5 Å². The normalized spacial score (nSPS) is 16.8. The van der Waals surface area contributed by atoms with E-state index in [2.05, 4.69) is 19.2 Å². The van der Waals surface area contributed by atoms with Crippen LogP contribution in [0.15, 0.2) is 54.6 Å². The Morgan fingerprint density at radius 2 is 1.84 bits per heavy atom. The number of ether oxygens (including phenoxy) is 1. The third-order valence-corrected chi connectivity index (χ3v) is 7.38. The number of fused-ring (bicyclic) bond motifs is 1. The van der Waals surface area contributed by atoms with Gasteiger partial charge in [0.15, 0.2) is 6.10 Å². The van der Waals surface area contributed by atoms with Crippen LogP contribution in [0.5, 0.6) is 5.75 Å². The Morgan fingerprint density at radius 3 is 2.55 bits per heavy atom. The number of sulfonamides is 1. The fourth-order valence-electron chi connectivity index (χ4n) is 3.77. The molecule has 0 unspecified atom stereocenters. The van der Waals surface area contributed by atoms with E-state index in [1.165, 1.54) is 4.31 Å². The molecule has 2 aromatic rings. The van der Waals surface area contributed by atoms with Crippen molar-refractivity contribution in [2.45, 2.75) is 51.4 Å². The van der Waals surface area contributed by atoms with Crippen molar-refractivity contribution in [2.75, 3.05) is 17.4 Å². The van der Waals surface area contributed by atoms with Gasteiger partial charge in [-0.2, -0.15) is 0 Å². The highest BCUT2D eigenvalue weighted by atomic mass is 32.2. The van der Waals surface area contributed by atoms with E-state index in [1.54, 1.807) is 36.4 Å². The van der Waals surface area contributed by atoms with E-state index >= 15 is 0 Å². The van der Waals surface area contributed by atoms with Gasteiger partial charge in [0.25, 0.3) is 5.91 Å². The summed E-state index contributed by atoms with van der Waals surface area (Å²) in [4.78, 5) is 12.9. The lowest BCUT2D eigenvalue weighted by atomic mass is 9.99. The quantitative estimate of drug-likeness (QED) is 0.598. The molecule has 0 fully saturated rings. The smallest absolute Gasteiger partial charge is 0.263 e. The number of anilines is 1. The largest absolute Gasteiger partial charge is 0.476 e. The first-order chi connectivity index (χ1) is 14.9. The van der Waals surface area contributed by atoms with Gasteiger partial charge in [-0.15, -0.1) is 0 Å². The van der Waals surface area contributed by atoms with Crippen LogP contribution in [0, 0.1) is 5.92 Å². The van der Waals surface area contributed by atoms with Crippen LogP contribution in [0.2, 0.25) is 0 Å². The number of hydrogen-bond donors (Lipinski definition) is 1. The van der Waals surface area contributed by atoms with Gasteiger partial charge in [0.2, 0.25) is 10.0 Å². The maximum Gasteiger partial charge on any atom is 0.263 e. The van der Waals surface area contributed by atoms with Crippen LogP contribution >= 0.6 is 0 Å². The van der Waals surface area contributed by atoms with Crippen LogP contribution in [0.1, 0.15) is 45.1 Å². The standard InChI is InChI=1S/C24H32N2O4S/c1-3-5-11-19(4-2)16-25-24(27)23-17-26(21-14-9-10-15-22(21)30-23)31(28,29)18-20-12-7-6-8-13-20/h6-10,12-15,19,23H,3-5,11,16-18H2,1-2H3,(H,25,27)/t19-,23+/m0/s1. The van der Waals surface area contributed by atoms with Gasteiger partial charge in [-0.1, -0.05) is 75.6 Å². The molecule has 0 aromatic heterocycles. The van der Waals surface area contributed by atoms with E-state index in [1.807, 2.05) is 18.2 Å². The molecular formula is C24H32N2O4S. The Labute approximate surface area is 185 Å². The number of unbranched alkanes of at least 4 members (excludes halogenated alkanes) is 1. The molecule has 2 atom stereocenters. The molecule has 31 heavy (non-hydrogen) atoms. The maximum atomic E-state index is 13.3. The van der Waals surface area contributed by atoms with Crippen molar-refractivity contribution in [1.82, 2.24) is 5.32 Å². The minimum absolute atomic E-state index is 0.0379. The number of hydrogen-bond acceptors (Lipinski definition) is 4. The first-order valence-electron chi connectivity index (χ1n) is 11.0. The topological polar surface area (TPSA) is 75.7 Å². The van der Waals surface area contributed by atoms with Crippen LogP contribution in [0.25, 0.3) is 0 Å². The maximum absolute atomic E-state index is 13.3. The highest BCUT2D eigenvalue weighted by molar-refractivity contribution is 7.92. The molecule has 0 aliphatic carbocycles. The molecule has 1 aliphatic heterocycles. The highest BCUT2D eigenvalue weighted by Gasteiger charge is 2.36. The van der Waals surface area contributed by atoms with Gasteiger partial charge in [-0.3, -0.25) is 9.10 Å². The van der Waals surface area contributed by atoms with Crippen molar-refractivity contribution in [3.05, 3.63) is 60.2 Å². The van der Waals surface area contributed by atoms with Gasteiger partial charge in [-0.25, -0.2) is 8.42 Å². The van der Waals surface area contributed by atoms with E-state index in [0.29, 0.717) is 29.5 Å². The van der Waals surface area contributed by atoms with Crippen molar-refractivity contribution >= 4 is 21.6 Å². The zero-order chi connectivity index (χ0) is 22.3. The first-order valence-corrected chi connectivity index (χ1v) is 12.6. The summed E-state index contributed by atoms with van der Waals surface area (Å²) in [6.07, 6.45) is 3.43. The lowest BCUT2D eigenvalue weighted by Crippen LogP contribution is -2.51. The molecule has 2 aromatic carbocycles. The number of benzene rings is 2. The van der Waals surface area contributed by atoms with Crippen molar-refractivity contribution in [3.8, 4) is 5.75 Å². The van der Waals surface area contributed by atoms with E-state index in [4.69, 9.17) is 4.74 Å². The lowest BCUT2D eigenvalue weighted by molar-refractivity contribution is -0.127. The number of amides is 1. The number of rotatable bonds is 10. The zero-order valence-corrected chi connectivity index (χ0v) is 19.1. The third kappa shape index (κ3) is 6.00. The summed E-state index contributed by atoms with van der Waals surface area (Å²) in [5, 5.41) is 2.98. The number of para-hydroxylation sites is 2. The van der Waals surface area contributed by atoms with Crippen LogP contribution in [0.3, 0.4) is 0 Å². The van der Waals surface area contributed by atoms with Crippen LogP contribution in [0.4, 0.5) is 5.69 Å². The lowest BCUT2D eigenvalue weighted by Gasteiger charge is -2.35. The summed E-state index contributed by atoms with van der Waals surface area (Å²) in [6, 6.07) is 16.0. The minimum Gasteiger partial charge on any atom is -0.476 e. The van der Waals surface area contributed by atoms with Crippen LogP contribution < -0.4 is 14.4 Å². The molecule has 0 saturated heterocycles. The Hall–Kier alpha value is -2.54. The molecule has 1 heterocycles. The molecule has 168 valence electrons. The second-order valence-corrected chi connectivity index (χ2v) is 9.90. The second kappa shape index (κ2) is 10.7. The number of carbonyl (C=O) groups excluding carboxylic acids is 1. The predicted octanol–water partition coefficient (Wildman–Crippen LogP) is 4.12. The second-order valence-electron chi connectivity index (χ2n) is 8.01. The average Bonchev–Trinajstić information content (AvgIpc) is 2.78. The Balaban J connectivity index is 1.76. The Kier molecular flexibility index (Phi) is 7.96. The molecule has 1 N–H and O–H groups in total. The molecule has 3 rings (SSSR count).